The monoisotopic (exact) mass is 976 g/mol. The number of esters is 2. The number of hydrogen-bond donors (Lipinski definition) is 14. The summed E-state index contributed by atoms with van der Waals surface area (Å²) in [6.45, 7) is 3.80. The first-order chi connectivity index (χ1) is 32.1. The van der Waals surface area contributed by atoms with Crippen molar-refractivity contribution in [1.29, 1.82) is 0 Å². The van der Waals surface area contributed by atoms with Gasteiger partial charge in [0.25, 0.3) is 0 Å². The zero-order valence-corrected chi connectivity index (χ0v) is 37.5. The second-order valence-corrected chi connectivity index (χ2v) is 16.5. The lowest BCUT2D eigenvalue weighted by Gasteiger charge is -2.42. The average molecular weight is 977 g/mol. The number of rotatable bonds is 18. The Morgan fingerprint density at radius 2 is 0.691 bits per heavy atom. The lowest BCUT2D eigenvalue weighted by molar-refractivity contribution is -0.326. The van der Waals surface area contributed by atoms with Crippen molar-refractivity contribution in [3.8, 4) is 0 Å². The van der Waals surface area contributed by atoms with Gasteiger partial charge in [-0.25, -0.2) is 9.59 Å². The van der Waals surface area contributed by atoms with Gasteiger partial charge in [0, 0.05) is 11.1 Å². The molecule has 68 heavy (non-hydrogen) atoms. The zero-order valence-electron chi connectivity index (χ0n) is 37.5. The number of carbonyl (C=O) groups is 2. The third kappa shape index (κ3) is 14.9. The van der Waals surface area contributed by atoms with Crippen molar-refractivity contribution in [2.24, 2.45) is 0 Å². The van der Waals surface area contributed by atoms with E-state index in [1.54, 1.807) is 62.5 Å². The molecule has 24 heteroatoms. The average Bonchev–Trinajstić information content (AvgIpc) is 3.31. The van der Waals surface area contributed by atoms with Gasteiger partial charge in [0.15, 0.2) is 12.6 Å². The van der Waals surface area contributed by atoms with E-state index in [4.69, 9.17) is 37.9 Å². The van der Waals surface area contributed by atoms with Crippen molar-refractivity contribution < 1.29 is 119 Å². The number of ether oxygens (including phenoxy) is 8. The Morgan fingerprint density at radius 3 is 1.01 bits per heavy atom. The minimum absolute atomic E-state index is 0.0726. The Labute approximate surface area is 390 Å². The minimum Gasteiger partial charge on any atom is -0.429 e. The molecule has 0 saturated carbocycles. The van der Waals surface area contributed by atoms with Crippen LogP contribution in [0.1, 0.15) is 27.7 Å². The second-order valence-electron chi connectivity index (χ2n) is 16.5. The van der Waals surface area contributed by atoms with Gasteiger partial charge in [-0.05, 0) is 27.7 Å². The maximum Gasteiger partial charge on any atom is 0.336 e. The van der Waals surface area contributed by atoms with Crippen molar-refractivity contribution in [2.75, 3.05) is 26.4 Å². The lowest BCUT2D eigenvalue weighted by Crippen LogP contribution is -2.61. The minimum atomic E-state index is -1.86. The molecule has 0 aliphatic carbocycles. The van der Waals surface area contributed by atoms with Crippen LogP contribution in [0.4, 0.5) is 0 Å². The molecule has 14 N–H and O–H groups in total. The summed E-state index contributed by atoms with van der Waals surface area (Å²) in [6.07, 6.45) is -16.8. The highest BCUT2D eigenvalue weighted by Crippen LogP contribution is 2.28. The van der Waals surface area contributed by atoms with Crippen LogP contribution < -0.4 is 0 Å². The molecule has 0 radical (unpaired) electrons. The third-order valence-electron chi connectivity index (χ3n) is 11.2. The van der Waals surface area contributed by atoms with Crippen LogP contribution in [0.5, 0.6) is 0 Å². The van der Waals surface area contributed by atoms with Gasteiger partial charge >= 0.3 is 11.9 Å². The van der Waals surface area contributed by atoms with E-state index in [0.29, 0.717) is 0 Å². The number of aliphatic hydroxyl groups excluding tert-OH is 14. The maximum atomic E-state index is 12.8. The summed E-state index contributed by atoms with van der Waals surface area (Å²) < 4.78 is 42.7. The standard InChI is InChI=1S/C44H64O24/c1-19(11-7-13-21(3)39(59)67-43-37(57)33(53)29(49)25(65-43)17-61-41-35(55)31(51)27(47)23(15-45)63-41)9-5-6-10-20(2)12-8-14-22(4)40(60)68-44-38(58)34(54)30(50)26(66-44)18-62-42-36(56)32(52)28(48)24(16-46)64-42/h5-14,23-38,41-58H,15-18H2,1-4H3/b6-5+,11-7+,12-8+,19-9+,20-10+,21-13+,22-14+/t23-,24-,25-,26+,27-,28-,29-,30+,31+,32+,33+,34-,35+,36+,37+,38+,41-,42-,43+,44-/m1/s1. The molecular weight excluding hydrogens is 912 g/mol. The highest BCUT2D eigenvalue weighted by atomic mass is 16.8. The molecule has 4 heterocycles. The summed E-state index contributed by atoms with van der Waals surface area (Å²) in [6, 6.07) is 0. The Balaban J connectivity index is 1.23. The first-order valence-corrected chi connectivity index (χ1v) is 21.5. The van der Waals surface area contributed by atoms with Gasteiger partial charge in [-0.2, -0.15) is 0 Å². The third-order valence-corrected chi connectivity index (χ3v) is 11.2. The molecule has 24 nitrogen and oxygen atoms in total. The highest BCUT2D eigenvalue weighted by molar-refractivity contribution is 5.88. The van der Waals surface area contributed by atoms with E-state index in [0.717, 1.165) is 11.1 Å². The Bertz CT molecular complexity index is 1730. The largest absolute Gasteiger partial charge is 0.429 e. The van der Waals surface area contributed by atoms with Crippen LogP contribution in [-0.2, 0) is 47.5 Å². The SMILES string of the molecule is CC(/C=C/C=C(\C)C(=O)O[C@@H]1O[C@H](CO[C@@H]2O[C@H](CO)[C@@H](O)[C@H](O)[C@@H]2O)[C@@H](O)[C@H](O)[C@@H]1O)=C\C=C\C=C(C)\C=C\C=C(/C)C(=O)O[C@H]1O[C@@H](CO[C@@H]2O[C@H](CO)[C@@H](O)[C@H](O)[C@@H]2O)[C@H](O)[C@@H](O)[C@@H]1O. The molecule has 384 valence electrons. The summed E-state index contributed by atoms with van der Waals surface area (Å²) in [5.74, 6) is -1.86. The van der Waals surface area contributed by atoms with Gasteiger partial charge in [-0.1, -0.05) is 71.9 Å². The van der Waals surface area contributed by atoms with E-state index in [1.165, 1.54) is 26.0 Å². The van der Waals surface area contributed by atoms with Gasteiger partial charge < -0.3 is 109 Å². The zero-order chi connectivity index (χ0) is 50.6. The fourth-order valence-electron chi connectivity index (χ4n) is 6.84. The molecule has 4 rings (SSSR count). The molecule has 4 saturated heterocycles. The molecule has 0 spiro atoms. The number of hydrogen-bond acceptors (Lipinski definition) is 24. The van der Waals surface area contributed by atoms with E-state index >= 15 is 0 Å². The van der Waals surface area contributed by atoms with Crippen LogP contribution in [0.15, 0.2) is 83.1 Å². The fraction of sp³-hybridized carbons (Fsp3) is 0.636. The van der Waals surface area contributed by atoms with Gasteiger partial charge in [0.05, 0.1) is 26.4 Å². The van der Waals surface area contributed by atoms with Gasteiger partial charge in [0.2, 0.25) is 12.6 Å². The predicted octanol–water partition coefficient (Wildman–Crippen LogP) is -5.23. The lowest BCUT2D eigenvalue weighted by atomic mass is 9.98. The first-order valence-electron chi connectivity index (χ1n) is 21.5. The molecule has 0 aromatic heterocycles. The van der Waals surface area contributed by atoms with Crippen LogP contribution >= 0.6 is 0 Å². The van der Waals surface area contributed by atoms with Crippen LogP contribution in [0, 0.1) is 0 Å². The first kappa shape index (κ1) is 56.9. The van der Waals surface area contributed by atoms with Crippen LogP contribution in [0.25, 0.3) is 0 Å². The van der Waals surface area contributed by atoms with Crippen LogP contribution in [-0.4, -0.2) is 233 Å². The van der Waals surface area contributed by atoms with Crippen LogP contribution in [0.2, 0.25) is 0 Å². The van der Waals surface area contributed by atoms with Gasteiger partial charge in [-0.15, -0.1) is 0 Å². The van der Waals surface area contributed by atoms with E-state index in [2.05, 4.69) is 0 Å². The topological polar surface area (TPSA) is 391 Å². The van der Waals surface area contributed by atoms with Crippen molar-refractivity contribution in [2.45, 2.75) is 151 Å². The second kappa shape index (κ2) is 26.5. The number of carbonyl (C=O) groups excluding carboxylic acids is 2. The fourth-order valence-corrected chi connectivity index (χ4v) is 6.84. The summed E-state index contributed by atoms with van der Waals surface area (Å²) in [4.78, 5) is 25.6. The van der Waals surface area contributed by atoms with Gasteiger partial charge in [0.1, 0.15) is 97.7 Å². The molecule has 0 aromatic rings. The Kier molecular flexibility index (Phi) is 22.2. The maximum absolute atomic E-state index is 12.8. The van der Waals surface area contributed by atoms with Gasteiger partial charge in [-0.3, -0.25) is 0 Å². The molecule has 4 fully saturated rings. The quantitative estimate of drug-likeness (QED) is 0.0347. The molecule has 20 atom stereocenters. The molecule has 0 amide bonds. The Hall–Kier alpha value is -3.68. The normalized spacial score (nSPS) is 40.3. The van der Waals surface area contributed by atoms with Crippen LogP contribution in [0.3, 0.4) is 0 Å². The Morgan fingerprint density at radius 1 is 0.397 bits per heavy atom. The molecular formula is C44H64O24. The van der Waals surface area contributed by atoms with E-state index in [-0.39, 0.29) is 11.1 Å². The number of allylic oxidation sites excluding steroid dienone is 12. The molecule has 0 aromatic carbocycles. The van der Waals surface area contributed by atoms with E-state index < -0.39 is 161 Å². The van der Waals surface area contributed by atoms with Crippen molar-refractivity contribution in [1.82, 2.24) is 0 Å². The molecule has 0 bridgehead atoms. The van der Waals surface area contributed by atoms with Crippen molar-refractivity contribution in [3.63, 3.8) is 0 Å². The summed E-state index contributed by atoms with van der Waals surface area (Å²) >= 11 is 0. The van der Waals surface area contributed by atoms with Crippen molar-refractivity contribution in [3.05, 3.63) is 83.1 Å². The van der Waals surface area contributed by atoms with E-state index in [1.807, 2.05) is 0 Å². The highest BCUT2D eigenvalue weighted by Gasteiger charge is 2.50. The molecule has 4 aliphatic heterocycles. The molecule has 0 unspecified atom stereocenters. The predicted molar refractivity (Wildman–Crippen MR) is 227 cm³/mol. The molecule has 4 aliphatic rings. The summed E-state index contributed by atoms with van der Waals surface area (Å²) in [5, 5.41) is 142. The number of aliphatic hydroxyl groups is 14. The summed E-state index contributed by atoms with van der Waals surface area (Å²) in [7, 11) is 0. The smallest absolute Gasteiger partial charge is 0.336 e. The summed E-state index contributed by atoms with van der Waals surface area (Å²) in [5.41, 5.74) is 1.68. The van der Waals surface area contributed by atoms with E-state index in [9.17, 15) is 81.1 Å². The van der Waals surface area contributed by atoms with Crippen molar-refractivity contribution >= 4 is 11.9 Å².